The van der Waals surface area contributed by atoms with Crippen molar-refractivity contribution in [1.82, 2.24) is 0 Å². The predicted octanol–water partition coefficient (Wildman–Crippen LogP) is -0.158. The summed E-state index contributed by atoms with van der Waals surface area (Å²) < 4.78 is 6.53. The van der Waals surface area contributed by atoms with E-state index in [4.69, 9.17) is 4.42 Å². The van der Waals surface area contributed by atoms with Crippen LogP contribution in [0.15, 0.2) is 162 Å². The topological polar surface area (TPSA) is 16.4 Å². The fourth-order valence-corrected chi connectivity index (χ4v) is 10.9. The minimum Gasteiger partial charge on any atom is -0.455 e. The van der Waals surface area contributed by atoms with Crippen LogP contribution in [0.1, 0.15) is 0 Å². The zero-order valence-electron chi connectivity index (χ0n) is 38.9. The van der Waals surface area contributed by atoms with Gasteiger partial charge in [-0.15, -0.1) is 21.9 Å². The van der Waals surface area contributed by atoms with Gasteiger partial charge in [-0.3, -0.25) is 0 Å². The van der Waals surface area contributed by atoms with Crippen molar-refractivity contribution in [3.8, 4) is 33.4 Å². The quantitative estimate of drug-likeness (QED) is 0.172. The summed E-state index contributed by atoms with van der Waals surface area (Å²) in [6, 6.07) is 57.4. The van der Waals surface area contributed by atoms with Crippen molar-refractivity contribution >= 4 is 191 Å². The monoisotopic (exact) mass is 821 g/mol. The van der Waals surface area contributed by atoms with Gasteiger partial charge in [-0.25, -0.2) is 0 Å². The van der Waals surface area contributed by atoms with E-state index in [-0.39, 0.29) is 0 Å². The number of hydrogen-bond donors (Lipinski definition) is 0. The van der Waals surface area contributed by atoms with Crippen LogP contribution in [0.3, 0.4) is 0 Å². The molecule has 0 spiro atoms. The molecule has 0 amide bonds. The van der Waals surface area contributed by atoms with E-state index in [1.807, 2.05) is 6.07 Å². The Morgan fingerprint density at radius 2 is 0.738 bits per heavy atom. The Hall–Kier alpha value is -6.84. The second-order valence-electron chi connectivity index (χ2n) is 18.3. The molecule has 0 atom stereocenters. The number of fused-ring (bicyclic) bond motifs is 7. The molecule has 2 nitrogen and oxygen atoms in total. The summed E-state index contributed by atoms with van der Waals surface area (Å²) in [5.74, 6) is 0. The maximum absolute atomic E-state index is 6.53. The summed E-state index contributed by atoms with van der Waals surface area (Å²) in [7, 11) is 20.9. The van der Waals surface area contributed by atoms with Crippen molar-refractivity contribution < 1.29 is 4.42 Å². The highest BCUT2D eigenvalue weighted by molar-refractivity contribution is 6.73. The van der Waals surface area contributed by atoms with Crippen molar-refractivity contribution in [2.45, 2.75) is 0 Å². The Balaban J connectivity index is 1.11. The maximum atomic E-state index is 6.53. The van der Waals surface area contributed by atoms with E-state index in [0.29, 0.717) is 0 Å². The van der Waals surface area contributed by atoms with Gasteiger partial charge in [0.15, 0.2) is 0 Å². The Kier molecular flexibility index (Phi) is 9.88. The number of nitrogens with zero attached hydrogens (tertiary/aromatic N) is 1. The summed E-state index contributed by atoms with van der Waals surface area (Å²) in [5.41, 5.74) is 24.5. The first-order chi connectivity index (χ1) is 31.5. The van der Waals surface area contributed by atoms with Gasteiger partial charge in [0.1, 0.15) is 81.8 Å². The summed E-state index contributed by atoms with van der Waals surface area (Å²) in [6.07, 6.45) is 0. The lowest BCUT2D eigenvalue weighted by Crippen LogP contribution is -2.52. The summed E-state index contributed by atoms with van der Waals surface area (Å²) in [4.78, 5) is 2.53. The lowest BCUT2D eigenvalue weighted by molar-refractivity contribution is 0.670. The van der Waals surface area contributed by atoms with Crippen molar-refractivity contribution in [2.24, 2.45) is 0 Å². The van der Waals surface area contributed by atoms with Crippen molar-refractivity contribution in [2.75, 3.05) is 4.90 Å². The molecule has 65 heavy (non-hydrogen) atoms. The maximum Gasteiger partial charge on any atom is 0.143 e. The van der Waals surface area contributed by atoms with E-state index in [2.05, 4.69) is 227 Å². The molecular weight excluding hydrogens is 776 g/mol. The molecule has 0 radical (unpaired) electrons. The number of para-hydroxylation sites is 2. The lowest BCUT2D eigenvalue weighted by atomic mass is 9.59. The molecule has 298 valence electrons. The van der Waals surface area contributed by atoms with Gasteiger partial charge in [-0.05, 0) is 90.5 Å². The van der Waals surface area contributed by atoms with Crippen LogP contribution in [-0.4, -0.2) is 70.6 Å². The highest BCUT2D eigenvalue weighted by atomic mass is 16.3. The molecule has 0 fully saturated rings. The molecule has 11 heteroatoms. The predicted molar refractivity (Wildman–Crippen MR) is 311 cm³/mol. The van der Waals surface area contributed by atoms with E-state index < -0.39 is 0 Å². The average Bonchev–Trinajstić information content (AvgIpc) is 3.73. The van der Waals surface area contributed by atoms with Gasteiger partial charge in [-0.1, -0.05) is 155 Å². The second-order valence-corrected chi connectivity index (χ2v) is 18.3. The normalized spacial score (nSPS) is 11.6. The van der Waals surface area contributed by atoms with Gasteiger partial charge in [0.2, 0.25) is 0 Å². The molecule has 0 saturated heterocycles. The molecule has 0 aliphatic carbocycles. The van der Waals surface area contributed by atoms with Gasteiger partial charge in [0.25, 0.3) is 0 Å². The van der Waals surface area contributed by atoms with Gasteiger partial charge in [0, 0.05) is 33.4 Å². The molecule has 0 aliphatic rings. The molecule has 0 saturated carbocycles. The summed E-state index contributed by atoms with van der Waals surface area (Å²) >= 11 is 0. The number of furan rings is 1. The van der Waals surface area contributed by atoms with Crippen LogP contribution in [0, 0.1) is 0 Å². The van der Waals surface area contributed by atoms with E-state index in [0.717, 1.165) is 44.4 Å². The van der Waals surface area contributed by atoms with E-state index in [9.17, 15) is 0 Å². The SMILES string of the molecule is Bc1c(B)c(B)c2c(c1B)c(B)c(N(c1ccc(-c3ccc(-c4cccc5ccccc45)cc3)cc1)c1ccc(-c3cccc4c3oc3ccccc34)cc1)c1c(B)c(B)c(B)c(B)c12. The van der Waals surface area contributed by atoms with E-state index in [1.54, 1.807) is 0 Å². The Morgan fingerprint density at radius 3 is 1.38 bits per heavy atom. The third-order valence-corrected chi connectivity index (χ3v) is 15.1. The number of rotatable bonds is 6. The fourth-order valence-electron chi connectivity index (χ4n) is 10.9. The standard InChI is InChI=1S/C54H44B9NO/c55-44-40-41-43(47(58)52(63)50(61)45(41)56)53(48(59)42(40)46(57)51(62)49(44)60)64(33-25-21-31(22-26-33)36-12-6-13-38-37-10-3-4-14-39(37)65-54(36)38)32-23-19-28(20-24-32)27-15-17-30(18-16-27)35-11-5-8-29-7-1-2-9-34(29)35/h1-26H,55-63H2. The molecule has 10 aromatic carbocycles. The molecule has 1 heterocycles. The van der Waals surface area contributed by atoms with Crippen LogP contribution >= 0.6 is 0 Å². The minimum absolute atomic E-state index is 0.910. The van der Waals surface area contributed by atoms with E-state index in [1.165, 1.54) is 109 Å². The third-order valence-electron chi connectivity index (χ3n) is 15.1. The molecule has 0 aliphatic heterocycles. The third kappa shape index (κ3) is 6.38. The lowest BCUT2D eigenvalue weighted by Gasteiger charge is -2.33. The molecule has 1 aromatic heterocycles. The molecule has 0 unspecified atom stereocenters. The first kappa shape index (κ1) is 40.9. The highest BCUT2D eigenvalue weighted by Gasteiger charge is 2.26. The van der Waals surface area contributed by atoms with Crippen LogP contribution in [-0.2, 0) is 0 Å². The van der Waals surface area contributed by atoms with Gasteiger partial charge in [-0.2, -0.15) is 0 Å². The van der Waals surface area contributed by atoms with Crippen LogP contribution in [0.2, 0.25) is 0 Å². The van der Waals surface area contributed by atoms with Gasteiger partial charge in [0.05, 0.1) is 0 Å². The summed E-state index contributed by atoms with van der Waals surface area (Å²) in [5, 5.41) is 10.3. The summed E-state index contributed by atoms with van der Waals surface area (Å²) in [6.45, 7) is 0. The molecule has 0 bridgehead atoms. The minimum atomic E-state index is 0.910. The molecule has 11 aromatic rings. The Morgan fingerprint density at radius 1 is 0.308 bits per heavy atom. The Labute approximate surface area is 389 Å². The van der Waals surface area contributed by atoms with Crippen LogP contribution in [0.5, 0.6) is 0 Å². The number of benzene rings is 10. The first-order valence-electron chi connectivity index (χ1n) is 22.9. The fraction of sp³-hybridized carbons (Fsp3) is 0. The molecule has 11 rings (SSSR count). The van der Waals surface area contributed by atoms with Gasteiger partial charge >= 0.3 is 0 Å². The second kappa shape index (κ2) is 15.7. The smallest absolute Gasteiger partial charge is 0.143 e. The number of hydrogen-bond acceptors (Lipinski definition) is 2. The van der Waals surface area contributed by atoms with Crippen LogP contribution < -0.4 is 54.1 Å². The zero-order valence-corrected chi connectivity index (χ0v) is 38.9. The van der Waals surface area contributed by atoms with Gasteiger partial charge < -0.3 is 9.32 Å². The largest absolute Gasteiger partial charge is 0.455 e. The number of anilines is 3. The van der Waals surface area contributed by atoms with Crippen LogP contribution in [0.25, 0.3) is 87.6 Å². The van der Waals surface area contributed by atoms with Crippen molar-refractivity contribution in [3.05, 3.63) is 158 Å². The van der Waals surface area contributed by atoms with Crippen molar-refractivity contribution in [1.29, 1.82) is 0 Å². The zero-order chi connectivity index (χ0) is 44.8. The Bertz CT molecular complexity index is 3750. The first-order valence-corrected chi connectivity index (χ1v) is 22.9. The highest BCUT2D eigenvalue weighted by Crippen LogP contribution is 2.42. The van der Waals surface area contributed by atoms with Crippen LogP contribution in [0.4, 0.5) is 17.1 Å². The van der Waals surface area contributed by atoms with E-state index >= 15 is 0 Å². The van der Waals surface area contributed by atoms with Crippen molar-refractivity contribution in [3.63, 3.8) is 0 Å². The average molecular weight is 820 g/mol. The molecule has 0 N–H and O–H groups in total. The molecular formula is C54H44B9NO.